The van der Waals surface area contributed by atoms with Crippen LogP contribution < -0.4 is 5.73 Å². The van der Waals surface area contributed by atoms with Gasteiger partial charge in [0.05, 0.1) is 6.04 Å². The molecule has 19 heavy (non-hydrogen) atoms. The van der Waals surface area contributed by atoms with Gasteiger partial charge in [-0.2, -0.15) is 0 Å². The second kappa shape index (κ2) is 5.97. The van der Waals surface area contributed by atoms with E-state index in [1.807, 2.05) is 32.8 Å². The van der Waals surface area contributed by atoms with Crippen molar-refractivity contribution >= 4 is 0 Å². The molecule has 1 atom stereocenters. The molecule has 0 fully saturated rings. The topological polar surface area (TPSA) is 29.3 Å². The van der Waals surface area contributed by atoms with Crippen molar-refractivity contribution in [2.24, 2.45) is 5.73 Å². The maximum atomic E-state index is 14.1. The van der Waals surface area contributed by atoms with Crippen molar-refractivity contribution in [2.75, 3.05) is 14.1 Å². The first-order chi connectivity index (χ1) is 8.81. The van der Waals surface area contributed by atoms with Crippen LogP contribution in [0.15, 0.2) is 12.1 Å². The van der Waals surface area contributed by atoms with E-state index in [1.165, 1.54) is 0 Å². The number of nitrogens with zero attached hydrogens (tertiary/aromatic N) is 1. The minimum Gasteiger partial charge on any atom is -0.322 e. The Hall–Kier alpha value is -1.00. The summed E-state index contributed by atoms with van der Waals surface area (Å²) in [6.07, 6.45) is 1.54. The van der Waals surface area contributed by atoms with Gasteiger partial charge in [-0.15, -0.1) is 0 Å². The van der Waals surface area contributed by atoms with E-state index in [2.05, 4.69) is 0 Å². The van der Waals surface area contributed by atoms with Crippen molar-refractivity contribution in [1.29, 1.82) is 0 Å². The highest BCUT2D eigenvalue weighted by atomic mass is 19.2. The van der Waals surface area contributed by atoms with Gasteiger partial charge in [0.1, 0.15) is 0 Å². The molecule has 1 unspecified atom stereocenters. The lowest BCUT2D eigenvalue weighted by molar-refractivity contribution is 0.104. The first kappa shape index (κ1) is 16.1. The summed E-state index contributed by atoms with van der Waals surface area (Å²) in [7, 11) is 3.85. The predicted molar refractivity (Wildman–Crippen MR) is 75.0 cm³/mol. The van der Waals surface area contributed by atoms with Crippen LogP contribution in [0.25, 0.3) is 0 Å². The molecular formula is C15H24F2N2. The number of likely N-dealkylation sites (N-methyl/N-ethyl adjacent to an activating group) is 1. The monoisotopic (exact) mass is 270 g/mol. The molecule has 4 heteroatoms. The van der Waals surface area contributed by atoms with Crippen molar-refractivity contribution in [1.82, 2.24) is 4.90 Å². The molecule has 0 aliphatic carbocycles. The van der Waals surface area contributed by atoms with Crippen molar-refractivity contribution in [2.45, 2.75) is 45.2 Å². The first-order valence-electron chi connectivity index (χ1n) is 6.69. The van der Waals surface area contributed by atoms with E-state index >= 15 is 0 Å². The van der Waals surface area contributed by atoms with Gasteiger partial charge in [0.2, 0.25) is 0 Å². The van der Waals surface area contributed by atoms with Gasteiger partial charge in [-0.25, -0.2) is 8.78 Å². The molecule has 0 amide bonds. The highest BCUT2D eigenvalue weighted by Gasteiger charge is 2.38. The first-order valence-corrected chi connectivity index (χ1v) is 6.69. The molecule has 0 spiro atoms. The molecule has 0 aliphatic heterocycles. The van der Waals surface area contributed by atoms with Gasteiger partial charge < -0.3 is 10.6 Å². The van der Waals surface area contributed by atoms with E-state index in [0.29, 0.717) is 5.56 Å². The lowest BCUT2D eigenvalue weighted by Crippen LogP contribution is -2.51. The Kier molecular flexibility index (Phi) is 5.04. The Labute approximate surface area is 114 Å². The zero-order chi connectivity index (χ0) is 14.8. The minimum absolute atomic E-state index is 0.250. The number of rotatable bonds is 5. The summed E-state index contributed by atoms with van der Waals surface area (Å²) in [6, 6.07) is 2.62. The van der Waals surface area contributed by atoms with E-state index < -0.39 is 17.7 Å². The van der Waals surface area contributed by atoms with Gasteiger partial charge in [0.15, 0.2) is 11.6 Å². The van der Waals surface area contributed by atoms with Gasteiger partial charge in [0, 0.05) is 11.1 Å². The largest absolute Gasteiger partial charge is 0.322 e. The molecule has 108 valence electrons. The molecule has 1 aromatic carbocycles. The number of hydrogen-bond acceptors (Lipinski definition) is 2. The summed E-state index contributed by atoms with van der Waals surface area (Å²) in [5, 5.41) is 0. The molecule has 0 bridgehead atoms. The lowest BCUT2D eigenvalue weighted by Gasteiger charge is -2.43. The zero-order valence-electron chi connectivity index (χ0n) is 12.4. The van der Waals surface area contributed by atoms with Crippen molar-refractivity contribution in [3.05, 3.63) is 34.9 Å². The summed E-state index contributed by atoms with van der Waals surface area (Å²) in [5.74, 6) is -1.62. The van der Waals surface area contributed by atoms with Gasteiger partial charge in [-0.1, -0.05) is 26.0 Å². The molecule has 0 aliphatic rings. The van der Waals surface area contributed by atoms with E-state index in [4.69, 9.17) is 5.73 Å². The third kappa shape index (κ3) is 2.65. The SMILES string of the molecule is CCC(CC)(C(N)c1ccc(C)c(F)c1F)N(C)C. The lowest BCUT2D eigenvalue weighted by atomic mass is 9.80. The molecule has 0 heterocycles. The molecule has 0 radical (unpaired) electrons. The Balaban J connectivity index is 3.32. The summed E-state index contributed by atoms with van der Waals surface area (Å²) in [5.41, 5.74) is 6.45. The van der Waals surface area contributed by atoms with Gasteiger partial charge >= 0.3 is 0 Å². The van der Waals surface area contributed by atoms with E-state index in [-0.39, 0.29) is 11.1 Å². The molecule has 0 saturated heterocycles. The number of aryl methyl sites for hydroxylation is 1. The Morgan fingerprint density at radius 1 is 1.16 bits per heavy atom. The third-order valence-corrected chi connectivity index (χ3v) is 4.33. The summed E-state index contributed by atoms with van der Waals surface area (Å²) >= 11 is 0. The quantitative estimate of drug-likeness (QED) is 0.888. The van der Waals surface area contributed by atoms with Crippen LogP contribution in [0, 0.1) is 18.6 Å². The fourth-order valence-electron chi connectivity index (χ4n) is 2.79. The van der Waals surface area contributed by atoms with Gasteiger partial charge in [-0.3, -0.25) is 0 Å². The highest BCUT2D eigenvalue weighted by molar-refractivity contribution is 5.30. The summed E-state index contributed by atoms with van der Waals surface area (Å²) in [6.45, 7) is 5.59. The Morgan fingerprint density at radius 3 is 2.11 bits per heavy atom. The van der Waals surface area contributed by atoms with Crippen LogP contribution in [-0.4, -0.2) is 24.5 Å². The van der Waals surface area contributed by atoms with Crippen LogP contribution >= 0.6 is 0 Å². The summed E-state index contributed by atoms with van der Waals surface area (Å²) in [4.78, 5) is 2.01. The third-order valence-electron chi connectivity index (χ3n) is 4.33. The van der Waals surface area contributed by atoms with E-state index in [9.17, 15) is 8.78 Å². The number of nitrogens with two attached hydrogens (primary N) is 1. The van der Waals surface area contributed by atoms with Crippen molar-refractivity contribution < 1.29 is 8.78 Å². The molecule has 0 saturated carbocycles. The summed E-state index contributed by atoms with van der Waals surface area (Å²) < 4.78 is 27.8. The minimum atomic E-state index is -0.819. The maximum absolute atomic E-state index is 14.1. The Bertz CT molecular complexity index is 440. The number of halogens is 2. The second-order valence-corrected chi connectivity index (χ2v) is 5.28. The second-order valence-electron chi connectivity index (χ2n) is 5.28. The average Bonchev–Trinajstić information content (AvgIpc) is 2.37. The van der Waals surface area contributed by atoms with E-state index in [1.54, 1.807) is 19.1 Å². The molecule has 2 nitrogen and oxygen atoms in total. The number of hydrogen-bond donors (Lipinski definition) is 1. The van der Waals surface area contributed by atoms with E-state index in [0.717, 1.165) is 12.8 Å². The number of benzene rings is 1. The smallest absolute Gasteiger partial charge is 0.163 e. The predicted octanol–water partition coefficient (Wildman–Crippen LogP) is 3.39. The maximum Gasteiger partial charge on any atom is 0.163 e. The molecule has 1 rings (SSSR count). The average molecular weight is 270 g/mol. The molecule has 0 aromatic heterocycles. The fourth-order valence-corrected chi connectivity index (χ4v) is 2.79. The van der Waals surface area contributed by atoms with Crippen LogP contribution in [0.2, 0.25) is 0 Å². The fraction of sp³-hybridized carbons (Fsp3) is 0.600. The standard InChI is InChI=1S/C15H24F2N2/c1-6-15(7-2,19(4)5)14(18)11-9-8-10(3)12(16)13(11)17/h8-9,14H,6-7,18H2,1-5H3. The zero-order valence-corrected chi connectivity index (χ0v) is 12.4. The van der Waals surface area contributed by atoms with Gasteiger partial charge in [0.25, 0.3) is 0 Å². The Morgan fingerprint density at radius 2 is 1.68 bits per heavy atom. The molecular weight excluding hydrogens is 246 g/mol. The van der Waals surface area contributed by atoms with Crippen LogP contribution in [-0.2, 0) is 0 Å². The van der Waals surface area contributed by atoms with Gasteiger partial charge in [-0.05, 0) is 39.4 Å². The van der Waals surface area contributed by atoms with Crippen molar-refractivity contribution in [3.63, 3.8) is 0 Å². The van der Waals surface area contributed by atoms with Crippen molar-refractivity contribution in [3.8, 4) is 0 Å². The van der Waals surface area contributed by atoms with Crippen LogP contribution in [0.4, 0.5) is 8.78 Å². The molecule has 2 N–H and O–H groups in total. The van der Waals surface area contributed by atoms with Crippen LogP contribution in [0.5, 0.6) is 0 Å². The highest BCUT2D eigenvalue weighted by Crippen LogP contribution is 2.36. The van der Waals surface area contributed by atoms with Crippen LogP contribution in [0.3, 0.4) is 0 Å². The van der Waals surface area contributed by atoms with Crippen LogP contribution in [0.1, 0.15) is 43.9 Å². The molecule has 1 aromatic rings. The normalized spacial score (nSPS) is 13.9.